The lowest BCUT2D eigenvalue weighted by Crippen LogP contribution is -1.98. The Kier molecular flexibility index (Phi) is 6.32. The third-order valence-electron chi connectivity index (χ3n) is 7.76. The molecule has 3 heterocycles. The van der Waals surface area contributed by atoms with Crippen molar-refractivity contribution < 1.29 is 0 Å². The molecule has 0 fully saturated rings. The average Bonchev–Trinajstić information content (AvgIpc) is 3.47. The molecule has 4 heteroatoms. The van der Waals surface area contributed by atoms with Crippen LogP contribution in [0.2, 0.25) is 0 Å². The van der Waals surface area contributed by atoms with Gasteiger partial charge in [0.05, 0.1) is 17.1 Å². The van der Waals surface area contributed by atoms with Crippen LogP contribution in [0, 0.1) is 0 Å². The zero-order valence-corrected chi connectivity index (χ0v) is 24.0. The number of pyridine rings is 1. The van der Waals surface area contributed by atoms with Gasteiger partial charge in [-0.2, -0.15) is 0 Å². The predicted molar refractivity (Wildman–Crippen MR) is 180 cm³/mol. The van der Waals surface area contributed by atoms with Gasteiger partial charge in [0.15, 0.2) is 5.82 Å². The highest BCUT2D eigenvalue weighted by molar-refractivity contribution is 7.25. The Hall–Kier alpha value is -5.45. The minimum atomic E-state index is 0.687. The summed E-state index contributed by atoms with van der Waals surface area (Å²) in [6.07, 6.45) is 1.86. The van der Waals surface area contributed by atoms with E-state index in [4.69, 9.17) is 15.0 Å². The Morgan fingerprint density at radius 1 is 0.419 bits per heavy atom. The van der Waals surface area contributed by atoms with Crippen molar-refractivity contribution in [3.63, 3.8) is 0 Å². The van der Waals surface area contributed by atoms with Gasteiger partial charge in [-0.15, -0.1) is 11.3 Å². The number of hydrogen-bond donors (Lipinski definition) is 0. The first kappa shape index (κ1) is 25.3. The van der Waals surface area contributed by atoms with E-state index >= 15 is 0 Å². The Morgan fingerprint density at radius 3 is 1.98 bits per heavy atom. The number of aromatic nitrogens is 3. The number of fused-ring (bicyclic) bond motifs is 3. The van der Waals surface area contributed by atoms with Gasteiger partial charge in [-0.05, 0) is 53.6 Å². The predicted octanol–water partition coefficient (Wildman–Crippen LogP) is 10.6. The standard InChI is InChI=1S/C39H25N3S/c1-3-11-26(12-4-1)28-15-9-16-29(23-28)34-25-35(42-39(41-34)27-13-5-2-6-14-27)32-18-10-22-40-38(32)30-20-21-37-33(24-30)31-17-7-8-19-36(31)43-37/h1-25H. The maximum atomic E-state index is 5.12. The first-order valence-corrected chi connectivity index (χ1v) is 15.1. The Balaban J connectivity index is 1.31. The average molecular weight is 568 g/mol. The lowest BCUT2D eigenvalue weighted by atomic mass is 9.98. The van der Waals surface area contributed by atoms with Crippen LogP contribution in [-0.2, 0) is 0 Å². The summed E-state index contributed by atoms with van der Waals surface area (Å²) in [7, 11) is 0. The van der Waals surface area contributed by atoms with E-state index in [-0.39, 0.29) is 0 Å². The summed E-state index contributed by atoms with van der Waals surface area (Å²) in [6, 6.07) is 50.6. The molecule has 0 atom stereocenters. The Bertz CT molecular complexity index is 2240. The van der Waals surface area contributed by atoms with E-state index in [1.54, 1.807) is 0 Å². The zero-order chi connectivity index (χ0) is 28.6. The molecule has 0 amide bonds. The molecule has 0 spiro atoms. The van der Waals surface area contributed by atoms with Gasteiger partial charge >= 0.3 is 0 Å². The summed E-state index contributed by atoms with van der Waals surface area (Å²) >= 11 is 1.82. The number of rotatable bonds is 5. The minimum absolute atomic E-state index is 0.687. The van der Waals surface area contributed by atoms with Crippen LogP contribution in [0.25, 0.3) is 76.5 Å². The SMILES string of the molecule is c1ccc(-c2cccc(-c3cc(-c4cccnc4-c4ccc5sc6ccccc6c5c4)nc(-c4ccccc4)n3)c2)cc1. The molecular weight excluding hydrogens is 543 g/mol. The van der Waals surface area contributed by atoms with Crippen molar-refractivity contribution >= 4 is 31.5 Å². The van der Waals surface area contributed by atoms with E-state index < -0.39 is 0 Å². The number of nitrogens with zero attached hydrogens (tertiary/aromatic N) is 3. The van der Waals surface area contributed by atoms with E-state index in [9.17, 15) is 0 Å². The van der Waals surface area contributed by atoms with Crippen molar-refractivity contribution in [2.75, 3.05) is 0 Å². The molecule has 0 saturated heterocycles. The molecule has 3 aromatic heterocycles. The second-order valence-corrected chi connectivity index (χ2v) is 11.6. The molecule has 0 unspecified atom stereocenters. The molecule has 202 valence electrons. The molecular formula is C39H25N3S. The monoisotopic (exact) mass is 567 g/mol. The van der Waals surface area contributed by atoms with Crippen LogP contribution in [0.4, 0.5) is 0 Å². The third kappa shape index (κ3) is 4.78. The quantitative estimate of drug-likeness (QED) is 0.208. The summed E-state index contributed by atoms with van der Waals surface area (Å²) in [5.41, 5.74) is 9.00. The fraction of sp³-hybridized carbons (Fsp3) is 0. The smallest absolute Gasteiger partial charge is 0.160 e. The van der Waals surface area contributed by atoms with Gasteiger partial charge in [0.1, 0.15) is 0 Å². The van der Waals surface area contributed by atoms with Gasteiger partial charge in [0, 0.05) is 48.6 Å². The molecule has 0 radical (unpaired) electrons. The van der Waals surface area contributed by atoms with E-state index in [0.717, 1.165) is 44.9 Å². The van der Waals surface area contributed by atoms with Crippen molar-refractivity contribution in [1.29, 1.82) is 0 Å². The Morgan fingerprint density at radius 2 is 1.12 bits per heavy atom. The highest BCUT2D eigenvalue weighted by Crippen LogP contribution is 2.38. The second kappa shape index (κ2) is 10.8. The molecule has 3 nitrogen and oxygen atoms in total. The maximum Gasteiger partial charge on any atom is 0.160 e. The zero-order valence-electron chi connectivity index (χ0n) is 23.2. The van der Waals surface area contributed by atoms with Gasteiger partial charge in [-0.25, -0.2) is 9.97 Å². The molecule has 8 rings (SSSR count). The summed E-state index contributed by atoms with van der Waals surface area (Å²) in [5.74, 6) is 0.687. The summed E-state index contributed by atoms with van der Waals surface area (Å²) in [6.45, 7) is 0. The molecule has 8 aromatic rings. The van der Waals surface area contributed by atoms with Gasteiger partial charge in [-0.3, -0.25) is 4.98 Å². The highest BCUT2D eigenvalue weighted by Gasteiger charge is 2.16. The van der Waals surface area contributed by atoms with Crippen molar-refractivity contribution in [1.82, 2.24) is 15.0 Å². The molecule has 0 aliphatic carbocycles. The molecule has 43 heavy (non-hydrogen) atoms. The van der Waals surface area contributed by atoms with Crippen molar-refractivity contribution in [2.45, 2.75) is 0 Å². The maximum absolute atomic E-state index is 5.12. The van der Waals surface area contributed by atoms with Crippen LogP contribution in [0.15, 0.2) is 152 Å². The largest absolute Gasteiger partial charge is 0.256 e. The molecule has 0 N–H and O–H groups in total. The number of benzene rings is 5. The minimum Gasteiger partial charge on any atom is -0.256 e. The van der Waals surface area contributed by atoms with E-state index in [1.807, 2.05) is 47.9 Å². The highest BCUT2D eigenvalue weighted by atomic mass is 32.1. The van der Waals surface area contributed by atoms with Gasteiger partial charge in [0.25, 0.3) is 0 Å². The first-order valence-electron chi connectivity index (χ1n) is 14.3. The lowest BCUT2D eigenvalue weighted by molar-refractivity contribution is 1.18. The second-order valence-electron chi connectivity index (χ2n) is 10.5. The Labute approximate surface area is 253 Å². The van der Waals surface area contributed by atoms with Crippen molar-refractivity contribution in [2.24, 2.45) is 0 Å². The third-order valence-corrected chi connectivity index (χ3v) is 8.91. The molecule has 0 aliphatic heterocycles. The molecule has 0 bridgehead atoms. The topological polar surface area (TPSA) is 38.7 Å². The van der Waals surface area contributed by atoms with Crippen LogP contribution < -0.4 is 0 Å². The van der Waals surface area contributed by atoms with E-state index in [0.29, 0.717) is 5.82 Å². The van der Waals surface area contributed by atoms with Gasteiger partial charge in [0.2, 0.25) is 0 Å². The van der Waals surface area contributed by atoms with Gasteiger partial charge < -0.3 is 0 Å². The van der Waals surface area contributed by atoms with Crippen LogP contribution in [0.5, 0.6) is 0 Å². The fourth-order valence-corrected chi connectivity index (χ4v) is 6.74. The summed E-state index contributed by atoms with van der Waals surface area (Å²) < 4.78 is 2.57. The van der Waals surface area contributed by atoms with Crippen LogP contribution in [-0.4, -0.2) is 15.0 Å². The molecule has 0 saturated carbocycles. The summed E-state index contributed by atoms with van der Waals surface area (Å²) in [5, 5.41) is 2.52. The lowest BCUT2D eigenvalue weighted by Gasteiger charge is -2.13. The van der Waals surface area contributed by atoms with Crippen LogP contribution >= 0.6 is 11.3 Å². The van der Waals surface area contributed by atoms with Crippen LogP contribution in [0.1, 0.15) is 0 Å². The molecule has 5 aromatic carbocycles. The normalized spacial score (nSPS) is 11.3. The van der Waals surface area contributed by atoms with Crippen molar-refractivity contribution in [3.8, 4) is 56.3 Å². The summed E-state index contributed by atoms with van der Waals surface area (Å²) in [4.78, 5) is 15.1. The van der Waals surface area contributed by atoms with E-state index in [1.165, 1.54) is 25.7 Å². The number of thiophene rings is 1. The number of hydrogen-bond acceptors (Lipinski definition) is 4. The van der Waals surface area contributed by atoms with E-state index in [2.05, 4.69) is 115 Å². The first-order chi connectivity index (χ1) is 21.3. The molecule has 0 aliphatic rings. The fourth-order valence-electron chi connectivity index (χ4n) is 5.65. The van der Waals surface area contributed by atoms with Crippen molar-refractivity contribution in [3.05, 3.63) is 152 Å². The van der Waals surface area contributed by atoms with Gasteiger partial charge in [-0.1, -0.05) is 103 Å². The van der Waals surface area contributed by atoms with Crippen LogP contribution in [0.3, 0.4) is 0 Å².